The second-order valence-electron chi connectivity index (χ2n) is 4.86. The number of hydrogen-bond donors (Lipinski definition) is 0. The molecular formula is C13H16O3S. The number of cyclic esters (lactones) is 2. The van der Waals surface area contributed by atoms with Crippen LogP contribution in [0.5, 0.6) is 0 Å². The van der Waals surface area contributed by atoms with Gasteiger partial charge in [0.25, 0.3) is 0 Å². The van der Waals surface area contributed by atoms with Crippen molar-refractivity contribution in [1.82, 2.24) is 0 Å². The van der Waals surface area contributed by atoms with Crippen LogP contribution in [0.25, 0.3) is 0 Å². The molecule has 0 aromatic carbocycles. The molecule has 92 valence electrons. The van der Waals surface area contributed by atoms with Gasteiger partial charge in [0.2, 0.25) is 0 Å². The Balaban J connectivity index is 1.93. The highest BCUT2D eigenvalue weighted by Crippen LogP contribution is 2.46. The maximum Gasteiger partial charge on any atom is 0.508 e. The van der Waals surface area contributed by atoms with E-state index in [4.69, 9.17) is 9.47 Å². The lowest BCUT2D eigenvalue weighted by Gasteiger charge is -2.39. The van der Waals surface area contributed by atoms with Crippen LogP contribution < -0.4 is 0 Å². The smallest absolute Gasteiger partial charge is 0.430 e. The zero-order valence-electron chi connectivity index (χ0n) is 9.69. The first-order valence-electron chi connectivity index (χ1n) is 6.19. The topological polar surface area (TPSA) is 35.5 Å². The third-order valence-electron chi connectivity index (χ3n) is 3.97. The molecule has 3 rings (SSSR count). The summed E-state index contributed by atoms with van der Waals surface area (Å²) in [6.07, 6.45) is 5.33. The molecule has 1 unspecified atom stereocenters. The van der Waals surface area contributed by atoms with E-state index >= 15 is 0 Å². The van der Waals surface area contributed by atoms with Crippen LogP contribution in [0.1, 0.15) is 37.0 Å². The molecule has 1 aromatic heterocycles. The second-order valence-corrected chi connectivity index (χ2v) is 5.81. The molecule has 1 saturated carbocycles. The van der Waals surface area contributed by atoms with E-state index in [-0.39, 0.29) is 11.5 Å². The predicted octanol–water partition coefficient (Wildman–Crippen LogP) is 3.49. The quantitative estimate of drug-likeness (QED) is 0.756. The molecule has 0 bridgehead atoms. The van der Waals surface area contributed by atoms with E-state index < -0.39 is 6.16 Å². The minimum absolute atomic E-state index is 0.0125. The van der Waals surface area contributed by atoms with E-state index in [0.717, 1.165) is 12.8 Å². The Bertz CT molecular complexity index is 393. The fourth-order valence-electron chi connectivity index (χ4n) is 3.07. The van der Waals surface area contributed by atoms with Crippen LogP contribution >= 0.6 is 11.3 Å². The fourth-order valence-corrected chi connectivity index (χ4v) is 4.10. The van der Waals surface area contributed by atoms with Gasteiger partial charge in [-0.15, -0.1) is 11.3 Å². The van der Waals surface area contributed by atoms with E-state index in [1.54, 1.807) is 11.3 Å². The summed E-state index contributed by atoms with van der Waals surface area (Å²) in [6, 6.07) is 4.25. The van der Waals surface area contributed by atoms with Crippen LogP contribution in [0, 0.1) is 0 Å². The summed E-state index contributed by atoms with van der Waals surface area (Å²) in [5.74, 6) is 0. The monoisotopic (exact) mass is 252 g/mol. The molecule has 2 fully saturated rings. The molecule has 3 nitrogen and oxygen atoms in total. The SMILES string of the molecule is O=C1OCC(C2(c3cccs3)CCCCC2)O1. The van der Waals surface area contributed by atoms with Crippen molar-refractivity contribution < 1.29 is 14.3 Å². The number of thiophene rings is 1. The third kappa shape index (κ3) is 1.84. The largest absolute Gasteiger partial charge is 0.508 e. The molecular weight excluding hydrogens is 236 g/mol. The fraction of sp³-hybridized carbons (Fsp3) is 0.615. The molecule has 0 spiro atoms. The number of carbonyl (C=O) groups excluding carboxylic acids is 1. The Hall–Kier alpha value is -1.03. The number of carbonyl (C=O) groups is 1. The summed E-state index contributed by atoms with van der Waals surface area (Å²) >= 11 is 1.77. The van der Waals surface area contributed by atoms with E-state index in [1.165, 1.54) is 24.1 Å². The van der Waals surface area contributed by atoms with Gasteiger partial charge in [-0.3, -0.25) is 0 Å². The first-order valence-corrected chi connectivity index (χ1v) is 7.07. The third-order valence-corrected chi connectivity index (χ3v) is 5.05. The first-order chi connectivity index (χ1) is 8.31. The summed E-state index contributed by atoms with van der Waals surface area (Å²) in [5, 5.41) is 2.10. The van der Waals surface area contributed by atoms with Crippen LogP contribution in [-0.2, 0) is 14.9 Å². The lowest BCUT2D eigenvalue weighted by Crippen LogP contribution is -2.42. The molecule has 1 aromatic rings. The molecule has 4 heteroatoms. The van der Waals surface area contributed by atoms with Gasteiger partial charge in [0, 0.05) is 10.3 Å². The Morgan fingerprint density at radius 3 is 2.71 bits per heavy atom. The van der Waals surface area contributed by atoms with E-state index in [1.807, 2.05) is 0 Å². The zero-order valence-corrected chi connectivity index (χ0v) is 10.5. The van der Waals surface area contributed by atoms with Crippen molar-refractivity contribution in [3.63, 3.8) is 0 Å². The molecule has 17 heavy (non-hydrogen) atoms. The lowest BCUT2D eigenvalue weighted by molar-refractivity contribution is 0.0655. The molecule has 1 aliphatic carbocycles. The molecule has 0 radical (unpaired) electrons. The van der Waals surface area contributed by atoms with Crippen molar-refractivity contribution in [2.45, 2.75) is 43.6 Å². The molecule has 0 amide bonds. The zero-order chi connectivity index (χ0) is 11.7. The number of ether oxygens (including phenoxy) is 2. The van der Waals surface area contributed by atoms with Crippen LogP contribution in [-0.4, -0.2) is 18.9 Å². The maximum atomic E-state index is 11.2. The maximum absolute atomic E-state index is 11.2. The van der Waals surface area contributed by atoms with Gasteiger partial charge < -0.3 is 9.47 Å². The van der Waals surface area contributed by atoms with Gasteiger partial charge in [-0.2, -0.15) is 0 Å². The van der Waals surface area contributed by atoms with Crippen molar-refractivity contribution in [1.29, 1.82) is 0 Å². The van der Waals surface area contributed by atoms with E-state index in [2.05, 4.69) is 17.5 Å². The van der Waals surface area contributed by atoms with E-state index in [0.29, 0.717) is 6.61 Å². The molecule has 0 N–H and O–H groups in total. The summed E-state index contributed by atoms with van der Waals surface area (Å²) < 4.78 is 10.4. The normalized spacial score (nSPS) is 27.5. The Morgan fingerprint density at radius 2 is 2.12 bits per heavy atom. The molecule has 2 aliphatic rings. The lowest BCUT2D eigenvalue weighted by atomic mass is 9.69. The molecule has 1 aliphatic heterocycles. The van der Waals surface area contributed by atoms with Crippen molar-refractivity contribution in [2.75, 3.05) is 6.61 Å². The van der Waals surface area contributed by atoms with Gasteiger partial charge in [-0.05, 0) is 24.3 Å². The summed E-state index contributed by atoms with van der Waals surface area (Å²) in [4.78, 5) is 12.5. The number of rotatable bonds is 2. The van der Waals surface area contributed by atoms with Gasteiger partial charge in [-0.1, -0.05) is 25.3 Å². The van der Waals surface area contributed by atoms with Gasteiger partial charge in [0.15, 0.2) is 0 Å². The average Bonchev–Trinajstić information content (AvgIpc) is 3.01. The summed E-state index contributed by atoms with van der Waals surface area (Å²) in [7, 11) is 0. The summed E-state index contributed by atoms with van der Waals surface area (Å²) in [6.45, 7) is 0.413. The molecule has 1 atom stereocenters. The standard InChI is InChI=1S/C13H16O3S/c14-12-15-9-10(16-12)13(6-2-1-3-7-13)11-5-4-8-17-11/h4-5,8,10H,1-3,6-7,9H2. The van der Waals surface area contributed by atoms with Crippen molar-refractivity contribution >= 4 is 17.5 Å². The van der Waals surface area contributed by atoms with Crippen LogP contribution in [0.2, 0.25) is 0 Å². The highest BCUT2D eigenvalue weighted by atomic mass is 32.1. The Morgan fingerprint density at radius 1 is 1.29 bits per heavy atom. The van der Waals surface area contributed by atoms with Crippen molar-refractivity contribution in [3.05, 3.63) is 22.4 Å². The second kappa shape index (κ2) is 4.33. The first kappa shape index (κ1) is 11.1. The van der Waals surface area contributed by atoms with Crippen molar-refractivity contribution in [3.8, 4) is 0 Å². The van der Waals surface area contributed by atoms with Gasteiger partial charge in [0.1, 0.15) is 12.7 Å². The van der Waals surface area contributed by atoms with Crippen LogP contribution in [0.3, 0.4) is 0 Å². The highest BCUT2D eigenvalue weighted by molar-refractivity contribution is 7.10. The Labute approximate surface area is 105 Å². The average molecular weight is 252 g/mol. The highest BCUT2D eigenvalue weighted by Gasteiger charge is 2.47. The molecule has 2 heterocycles. The molecule has 1 saturated heterocycles. The van der Waals surface area contributed by atoms with Gasteiger partial charge in [0.05, 0.1) is 0 Å². The van der Waals surface area contributed by atoms with Crippen LogP contribution in [0.4, 0.5) is 4.79 Å². The van der Waals surface area contributed by atoms with Gasteiger partial charge in [-0.25, -0.2) is 4.79 Å². The van der Waals surface area contributed by atoms with Crippen molar-refractivity contribution in [2.24, 2.45) is 0 Å². The predicted molar refractivity (Wildman–Crippen MR) is 65.3 cm³/mol. The number of hydrogen-bond acceptors (Lipinski definition) is 4. The van der Waals surface area contributed by atoms with Crippen LogP contribution in [0.15, 0.2) is 17.5 Å². The van der Waals surface area contributed by atoms with Gasteiger partial charge >= 0.3 is 6.16 Å². The minimum Gasteiger partial charge on any atom is -0.430 e. The van der Waals surface area contributed by atoms with E-state index in [9.17, 15) is 4.79 Å². The Kier molecular flexibility index (Phi) is 2.82. The summed E-state index contributed by atoms with van der Waals surface area (Å²) in [5.41, 5.74) is 0.0125. The minimum atomic E-state index is -0.503.